The highest BCUT2D eigenvalue weighted by atomic mass is 16.5. The summed E-state index contributed by atoms with van der Waals surface area (Å²) < 4.78 is 10.4. The van der Waals surface area contributed by atoms with E-state index in [-0.39, 0.29) is 5.91 Å². The summed E-state index contributed by atoms with van der Waals surface area (Å²) in [6, 6.07) is 5.62. The molecule has 0 aliphatic heterocycles. The van der Waals surface area contributed by atoms with E-state index in [1.807, 2.05) is 18.2 Å². The zero-order valence-electron chi connectivity index (χ0n) is 9.66. The number of ether oxygens (including phenoxy) is 2. The van der Waals surface area contributed by atoms with E-state index in [9.17, 15) is 4.79 Å². The number of nitrogens with two attached hydrogens (primary N) is 1. The first-order valence-corrected chi connectivity index (χ1v) is 5.16. The number of primary amides is 1. The molecule has 0 radical (unpaired) electrons. The molecule has 16 heavy (non-hydrogen) atoms. The van der Waals surface area contributed by atoms with Gasteiger partial charge in [-0.15, -0.1) is 0 Å². The number of methoxy groups -OCH3 is 2. The van der Waals surface area contributed by atoms with Gasteiger partial charge in [0.1, 0.15) is 11.5 Å². The minimum absolute atomic E-state index is 0.276. The van der Waals surface area contributed by atoms with Crippen molar-refractivity contribution in [3.8, 4) is 11.5 Å². The Hall–Kier alpha value is -1.71. The first kappa shape index (κ1) is 12.4. The number of hydrogen-bond donors (Lipinski definition) is 1. The molecule has 4 heteroatoms. The maximum Gasteiger partial charge on any atom is 0.217 e. The lowest BCUT2D eigenvalue weighted by Gasteiger charge is -2.09. The number of carbonyl (C=O) groups excluding carboxylic acids is 1. The van der Waals surface area contributed by atoms with Crippen LogP contribution < -0.4 is 15.2 Å². The molecule has 0 unspecified atom stereocenters. The predicted molar refractivity (Wildman–Crippen MR) is 61.7 cm³/mol. The van der Waals surface area contributed by atoms with Gasteiger partial charge < -0.3 is 15.2 Å². The van der Waals surface area contributed by atoms with Crippen molar-refractivity contribution in [3.05, 3.63) is 23.8 Å². The summed E-state index contributed by atoms with van der Waals surface area (Å²) in [7, 11) is 3.24. The van der Waals surface area contributed by atoms with Crippen LogP contribution in [-0.4, -0.2) is 20.1 Å². The number of carbonyl (C=O) groups is 1. The molecule has 0 bridgehead atoms. The average molecular weight is 223 g/mol. The van der Waals surface area contributed by atoms with Crippen molar-refractivity contribution in [1.82, 2.24) is 0 Å². The van der Waals surface area contributed by atoms with Crippen LogP contribution in [0.1, 0.15) is 18.4 Å². The van der Waals surface area contributed by atoms with Crippen LogP contribution in [0.3, 0.4) is 0 Å². The van der Waals surface area contributed by atoms with Crippen molar-refractivity contribution < 1.29 is 14.3 Å². The van der Waals surface area contributed by atoms with Crippen molar-refractivity contribution >= 4 is 5.91 Å². The van der Waals surface area contributed by atoms with Crippen molar-refractivity contribution in [1.29, 1.82) is 0 Å². The highest BCUT2D eigenvalue weighted by Crippen LogP contribution is 2.25. The van der Waals surface area contributed by atoms with Crippen LogP contribution in [0.2, 0.25) is 0 Å². The summed E-state index contributed by atoms with van der Waals surface area (Å²) in [4.78, 5) is 10.6. The van der Waals surface area contributed by atoms with E-state index in [0.29, 0.717) is 6.42 Å². The molecule has 0 aliphatic carbocycles. The van der Waals surface area contributed by atoms with Gasteiger partial charge in [0.15, 0.2) is 0 Å². The summed E-state index contributed by atoms with van der Waals surface area (Å²) in [5, 5.41) is 0. The largest absolute Gasteiger partial charge is 0.497 e. The molecule has 0 spiro atoms. The SMILES string of the molecule is COc1ccc(OC)c(CCCC(N)=O)c1. The number of aryl methyl sites for hydroxylation is 1. The van der Waals surface area contributed by atoms with Crippen LogP contribution >= 0.6 is 0 Å². The zero-order chi connectivity index (χ0) is 12.0. The highest BCUT2D eigenvalue weighted by molar-refractivity contribution is 5.73. The minimum Gasteiger partial charge on any atom is -0.497 e. The average Bonchev–Trinajstić information content (AvgIpc) is 2.28. The van der Waals surface area contributed by atoms with Crippen molar-refractivity contribution in [2.75, 3.05) is 14.2 Å². The second-order valence-electron chi connectivity index (χ2n) is 3.50. The lowest BCUT2D eigenvalue weighted by atomic mass is 10.1. The van der Waals surface area contributed by atoms with Crippen LogP contribution in [0.15, 0.2) is 18.2 Å². The van der Waals surface area contributed by atoms with E-state index in [0.717, 1.165) is 29.9 Å². The fourth-order valence-electron chi connectivity index (χ4n) is 1.53. The monoisotopic (exact) mass is 223 g/mol. The third-order valence-electron chi connectivity index (χ3n) is 2.36. The zero-order valence-corrected chi connectivity index (χ0v) is 9.66. The molecule has 0 aromatic heterocycles. The van der Waals surface area contributed by atoms with Gasteiger partial charge in [-0.2, -0.15) is 0 Å². The second-order valence-corrected chi connectivity index (χ2v) is 3.50. The number of amides is 1. The van der Waals surface area contributed by atoms with Gasteiger partial charge in [0.25, 0.3) is 0 Å². The van der Waals surface area contributed by atoms with Gasteiger partial charge in [-0.25, -0.2) is 0 Å². The Labute approximate surface area is 95.3 Å². The molecule has 4 nitrogen and oxygen atoms in total. The fraction of sp³-hybridized carbons (Fsp3) is 0.417. The summed E-state index contributed by atoms with van der Waals surface area (Å²) in [6.45, 7) is 0. The third kappa shape index (κ3) is 3.46. The Kier molecular flexibility index (Phi) is 4.64. The second kappa shape index (κ2) is 6.00. The van der Waals surface area contributed by atoms with Gasteiger partial charge in [-0.3, -0.25) is 4.79 Å². The standard InChI is InChI=1S/C12H17NO3/c1-15-10-6-7-11(16-2)9(8-10)4-3-5-12(13)14/h6-8H,3-5H2,1-2H3,(H2,13,14). The lowest BCUT2D eigenvalue weighted by molar-refractivity contribution is -0.118. The summed E-state index contributed by atoms with van der Waals surface area (Å²) >= 11 is 0. The Morgan fingerprint density at radius 1 is 1.31 bits per heavy atom. The Morgan fingerprint density at radius 2 is 2.06 bits per heavy atom. The lowest BCUT2D eigenvalue weighted by Crippen LogP contribution is -2.10. The van der Waals surface area contributed by atoms with Gasteiger partial charge in [0.05, 0.1) is 14.2 Å². The maximum atomic E-state index is 10.6. The van der Waals surface area contributed by atoms with Crippen molar-refractivity contribution in [2.24, 2.45) is 5.73 Å². The van der Waals surface area contributed by atoms with Crippen LogP contribution in [0.4, 0.5) is 0 Å². The molecule has 1 aromatic rings. The molecule has 0 saturated carbocycles. The van der Waals surface area contributed by atoms with E-state index in [2.05, 4.69) is 0 Å². The van der Waals surface area contributed by atoms with Crippen LogP contribution in [0, 0.1) is 0 Å². The van der Waals surface area contributed by atoms with E-state index >= 15 is 0 Å². The number of rotatable bonds is 6. The summed E-state index contributed by atoms with van der Waals surface area (Å²) in [6.07, 6.45) is 1.86. The van der Waals surface area contributed by atoms with Crippen molar-refractivity contribution in [2.45, 2.75) is 19.3 Å². The van der Waals surface area contributed by atoms with E-state index < -0.39 is 0 Å². The Bertz CT molecular complexity index is 363. The normalized spacial score (nSPS) is 9.88. The fourth-order valence-corrected chi connectivity index (χ4v) is 1.53. The summed E-state index contributed by atoms with van der Waals surface area (Å²) in [5.74, 6) is 1.32. The first-order valence-electron chi connectivity index (χ1n) is 5.16. The molecular formula is C12H17NO3. The molecule has 0 aliphatic rings. The molecule has 1 aromatic carbocycles. The maximum absolute atomic E-state index is 10.6. The quantitative estimate of drug-likeness (QED) is 0.795. The molecule has 0 saturated heterocycles. The van der Waals surface area contributed by atoms with E-state index in [1.165, 1.54) is 0 Å². The van der Waals surface area contributed by atoms with Crippen molar-refractivity contribution in [3.63, 3.8) is 0 Å². The molecule has 88 valence electrons. The Morgan fingerprint density at radius 3 is 2.62 bits per heavy atom. The molecule has 2 N–H and O–H groups in total. The molecule has 0 atom stereocenters. The van der Waals surface area contributed by atoms with Crippen LogP contribution in [-0.2, 0) is 11.2 Å². The van der Waals surface area contributed by atoms with Gasteiger partial charge in [0.2, 0.25) is 5.91 Å². The smallest absolute Gasteiger partial charge is 0.217 e. The molecule has 1 rings (SSSR count). The van der Waals surface area contributed by atoms with E-state index in [1.54, 1.807) is 14.2 Å². The first-order chi connectivity index (χ1) is 7.67. The summed E-state index contributed by atoms with van der Waals surface area (Å²) in [5.41, 5.74) is 6.12. The number of benzene rings is 1. The van der Waals surface area contributed by atoms with Crippen LogP contribution in [0.25, 0.3) is 0 Å². The molecule has 0 fully saturated rings. The molecular weight excluding hydrogens is 206 g/mol. The minimum atomic E-state index is -0.276. The third-order valence-corrected chi connectivity index (χ3v) is 2.36. The molecule has 1 amide bonds. The highest BCUT2D eigenvalue weighted by Gasteiger charge is 2.05. The van der Waals surface area contributed by atoms with Crippen LogP contribution in [0.5, 0.6) is 11.5 Å². The van der Waals surface area contributed by atoms with Gasteiger partial charge >= 0.3 is 0 Å². The van der Waals surface area contributed by atoms with E-state index in [4.69, 9.17) is 15.2 Å². The van der Waals surface area contributed by atoms with Gasteiger partial charge in [0, 0.05) is 6.42 Å². The predicted octanol–water partition coefficient (Wildman–Crippen LogP) is 1.51. The van der Waals surface area contributed by atoms with Gasteiger partial charge in [-0.1, -0.05) is 0 Å². The number of hydrogen-bond acceptors (Lipinski definition) is 3. The molecule has 0 heterocycles. The van der Waals surface area contributed by atoms with Gasteiger partial charge in [-0.05, 0) is 36.6 Å². The topological polar surface area (TPSA) is 61.6 Å². The Balaban J connectivity index is 2.71.